The quantitative estimate of drug-likeness (QED) is 0.278. The molecule has 0 aliphatic carbocycles. The lowest BCUT2D eigenvalue weighted by molar-refractivity contribution is -0.129. The van der Waals surface area contributed by atoms with Crippen LogP contribution in [-0.2, 0) is 4.79 Å². The summed E-state index contributed by atoms with van der Waals surface area (Å²) in [5.74, 6) is -0.400. The zero-order valence-corrected chi connectivity index (χ0v) is 8.30. The van der Waals surface area contributed by atoms with E-state index in [0.717, 1.165) is 0 Å². The molecule has 3 amide bonds. The van der Waals surface area contributed by atoms with E-state index in [9.17, 15) is 9.59 Å². The van der Waals surface area contributed by atoms with Gasteiger partial charge in [0.05, 0.1) is 0 Å². The molecule has 0 aromatic carbocycles. The maximum absolute atomic E-state index is 10.9. The SMILES string of the molecule is CCNC(=O)NCCCCC(=O)NO. The van der Waals surface area contributed by atoms with Crippen molar-refractivity contribution in [2.75, 3.05) is 13.1 Å². The Hall–Kier alpha value is -1.30. The highest BCUT2D eigenvalue weighted by Gasteiger charge is 1.99. The van der Waals surface area contributed by atoms with Gasteiger partial charge in [-0.05, 0) is 19.8 Å². The van der Waals surface area contributed by atoms with Crippen LogP contribution in [0, 0.1) is 0 Å². The number of hydrogen-bond donors (Lipinski definition) is 4. The summed E-state index contributed by atoms with van der Waals surface area (Å²) >= 11 is 0. The van der Waals surface area contributed by atoms with Gasteiger partial charge >= 0.3 is 6.03 Å². The molecule has 6 nitrogen and oxygen atoms in total. The number of unbranched alkanes of at least 4 members (excludes halogenated alkanes) is 1. The summed E-state index contributed by atoms with van der Waals surface area (Å²) in [5.41, 5.74) is 1.55. The molecule has 0 aromatic rings. The first-order chi connectivity index (χ1) is 6.70. The average Bonchev–Trinajstić information content (AvgIpc) is 2.17. The number of urea groups is 1. The zero-order chi connectivity index (χ0) is 10.8. The van der Waals surface area contributed by atoms with Crippen LogP contribution in [0.3, 0.4) is 0 Å². The summed E-state index contributed by atoms with van der Waals surface area (Å²) in [6, 6.07) is -0.195. The highest BCUT2D eigenvalue weighted by Crippen LogP contribution is 1.92. The van der Waals surface area contributed by atoms with Crippen LogP contribution in [0.1, 0.15) is 26.2 Å². The molecule has 0 aliphatic rings. The number of nitrogens with one attached hydrogen (secondary N) is 3. The van der Waals surface area contributed by atoms with Crippen LogP contribution >= 0.6 is 0 Å². The van der Waals surface area contributed by atoms with Crippen molar-refractivity contribution in [3.8, 4) is 0 Å². The van der Waals surface area contributed by atoms with Gasteiger partial charge in [-0.2, -0.15) is 0 Å². The summed E-state index contributed by atoms with van der Waals surface area (Å²) in [7, 11) is 0. The molecule has 0 unspecified atom stereocenters. The fourth-order valence-corrected chi connectivity index (χ4v) is 0.891. The molecule has 0 radical (unpaired) electrons. The van der Waals surface area contributed by atoms with Crippen molar-refractivity contribution in [2.45, 2.75) is 26.2 Å². The van der Waals surface area contributed by atoms with Crippen molar-refractivity contribution in [3.05, 3.63) is 0 Å². The molecule has 0 spiro atoms. The van der Waals surface area contributed by atoms with Gasteiger partial charge in [-0.25, -0.2) is 10.3 Å². The maximum atomic E-state index is 10.9. The fourth-order valence-electron chi connectivity index (χ4n) is 0.891. The number of amides is 3. The first-order valence-corrected chi connectivity index (χ1v) is 4.65. The Morgan fingerprint density at radius 3 is 2.50 bits per heavy atom. The van der Waals surface area contributed by atoms with Crippen LogP contribution in [0.4, 0.5) is 4.79 Å². The molecule has 82 valence electrons. The smallest absolute Gasteiger partial charge is 0.314 e. The van der Waals surface area contributed by atoms with Crippen LogP contribution in [0.15, 0.2) is 0 Å². The first-order valence-electron chi connectivity index (χ1n) is 4.65. The lowest BCUT2D eigenvalue weighted by Gasteiger charge is -2.04. The van der Waals surface area contributed by atoms with Crippen LogP contribution < -0.4 is 16.1 Å². The molecule has 0 heterocycles. The van der Waals surface area contributed by atoms with E-state index in [0.29, 0.717) is 25.9 Å². The largest absolute Gasteiger partial charge is 0.338 e. The van der Waals surface area contributed by atoms with E-state index < -0.39 is 5.91 Å². The molecule has 6 heteroatoms. The molecule has 0 fully saturated rings. The highest BCUT2D eigenvalue weighted by molar-refractivity contribution is 5.74. The third kappa shape index (κ3) is 7.35. The summed E-state index contributed by atoms with van der Waals surface area (Å²) < 4.78 is 0. The minimum atomic E-state index is -0.400. The highest BCUT2D eigenvalue weighted by atomic mass is 16.5. The van der Waals surface area contributed by atoms with Crippen molar-refractivity contribution in [1.29, 1.82) is 0 Å². The molecular formula is C8H17N3O3. The van der Waals surface area contributed by atoms with E-state index in [1.807, 2.05) is 6.92 Å². The molecule has 0 saturated carbocycles. The Balaban J connectivity index is 3.21. The van der Waals surface area contributed by atoms with Gasteiger partial charge in [-0.15, -0.1) is 0 Å². The van der Waals surface area contributed by atoms with Crippen LogP contribution in [0.5, 0.6) is 0 Å². The molecule has 0 aromatic heterocycles. The summed E-state index contributed by atoms with van der Waals surface area (Å²) in [5, 5.41) is 13.4. The molecule has 0 saturated heterocycles. The number of carbonyl (C=O) groups is 2. The molecule has 4 N–H and O–H groups in total. The van der Waals surface area contributed by atoms with Gasteiger partial charge < -0.3 is 10.6 Å². The number of hydrogen-bond acceptors (Lipinski definition) is 3. The van der Waals surface area contributed by atoms with Gasteiger partial charge in [0.2, 0.25) is 5.91 Å². The molecule has 0 atom stereocenters. The van der Waals surface area contributed by atoms with Crippen LogP contribution in [0.25, 0.3) is 0 Å². The first kappa shape index (κ1) is 12.7. The van der Waals surface area contributed by atoms with Gasteiger partial charge in [0, 0.05) is 19.5 Å². The summed E-state index contributed by atoms with van der Waals surface area (Å²) in [6.07, 6.45) is 1.62. The lowest BCUT2D eigenvalue weighted by Crippen LogP contribution is -2.35. The van der Waals surface area contributed by atoms with Crippen molar-refractivity contribution in [2.24, 2.45) is 0 Å². The predicted molar refractivity (Wildman–Crippen MR) is 50.9 cm³/mol. The molecule has 0 aliphatic heterocycles. The lowest BCUT2D eigenvalue weighted by atomic mass is 10.2. The normalized spacial score (nSPS) is 9.29. The van der Waals surface area contributed by atoms with Crippen molar-refractivity contribution in [3.63, 3.8) is 0 Å². The van der Waals surface area contributed by atoms with Gasteiger partial charge in [-0.1, -0.05) is 0 Å². The Morgan fingerprint density at radius 1 is 1.21 bits per heavy atom. The molecule has 0 rings (SSSR count). The molecule has 14 heavy (non-hydrogen) atoms. The number of carbonyl (C=O) groups excluding carboxylic acids is 2. The maximum Gasteiger partial charge on any atom is 0.314 e. The standard InChI is InChI=1S/C8H17N3O3/c1-2-9-8(13)10-6-4-3-5-7(12)11-14/h14H,2-6H2,1H3,(H,11,12)(H2,9,10,13). The van der Waals surface area contributed by atoms with Crippen molar-refractivity contribution < 1.29 is 14.8 Å². The third-order valence-corrected chi connectivity index (χ3v) is 1.58. The van der Waals surface area contributed by atoms with E-state index in [1.165, 1.54) is 0 Å². The van der Waals surface area contributed by atoms with Gasteiger partial charge in [0.25, 0.3) is 0 Å². The van der Waals surface area contributed by atoms with Gasteiger partial charge in [0.1, 0.15) is 0 Å². The topological polar surface area (TPSA) is 90.5 Å². The van der Waals surface area contributed by atoms with Crippen molar-refractivity contribution >= 4 is 11.9 Å². The molecular weight excluding hydrogens is 186 g/mol. The number of hydroxylamine groups is 1. The monoisotopic (exact) mass is 203 g/mol. The number of rotatable bonds is 6. The third-order valence-electron chi connectivity index (χ3n) is 1.58. The Kier molecular flexibility index (Phi) is 7.53. The van der Waals surface area contributed by atoms with Gasteiger partial charge in [0.15, 0.2) is 0 Å². The average molecular weight is 203 g/mol. The molecule has 0 bridgehead atoms. The Bertz CT molecular complexity index is 185. The van der Waals surface area contributed by atoms with Gasteiger partial charge in [-0.3, -0.25) is 10.0 Å². The second-order valence-electron chi connectivity index (χ2n) is 2.78. The zero-order valence-electron chi connectivity index (χ0n) is 8.30. The van der Waals surface area contributed by atoms with E-state index in [4.69, 9.17) is 5.21 Å². The van der Waals surface area contributed by atoms with E-state index in [-0.39, 0.29) is 12.5 Å². The second-order valence-corrected chi connectivity index (χ2v) is 2.78. The summed E-state index contributed by atoms with van der Waals surface area (Å²) in [4.78, 5) is 21.4. The van der Waals surface area contributed by atoms with E-state index in [1.54, 1.807) is 5.48 Å². The van der Waals surface area contributed by atoms with Crippen molar-refractivity contribution in [1.82, 2.24) is 16.1 Å². The van der Waals surface area contributed by atoms with E-state index in [2.05, 4.69) is 10.6 Å². The minimum Gasteiger partial charge on any atom is -0.338 e. The van der Waals surface area contributed by atoms with Crippen LogP contribution in [-0.4, -0.2) is 30.2 Å². The second kappa shape index (κ2) is 8.31. The predicted octanol–water partition coefficient (Wildman–Crippen LogP) is -0.0188. The summed E-state index contributed by atoms with van der Waals surface area (Å²) in [6.45, 7) is 2.97. The Labute approximate surface area is 83.0 Å². The minimum absolute atomic E-state index is 0.195. The Morgan fingerprint density at radius 2 is 1.93 bits per heavy atom. The van der Waals surface area contributed by atoms with Crippen LogP contribution in [0.2, 0.25) is 0 Å². The van der Waals surface area contributed by atoms with E-state index >= 15 is 0 Å². The fraction of sp³-hybridized carbons (Fsp3) is 0.750.